The molecule has 1 nitrogen and oxygen atoms in total. The second kappa shape index (κ2) is 3.58. The van der Waals surface area contributed by atoms with Gasteiger partial charge in [0.1, 0.15) is 0 Å². The van der Waals surface area contributed by atoms with Crippen molar-refractivity contribution in [2.45, 2.75) is 25.8 Å². The van der Waals surface area contributed by atoms with E-state index in [1.165, 1.54) is 30.8 Å². The monoisotopic (exact) mass is 181 g/mol. The lowest BCUT2D eigenvalue weighted by Gasteiger charge is -2.37. The van der Waals surface area contributed by atoms with Gasteiger partial charge in [-0.05, 0) is 37.4 Å². The summed E-state index contributed by atoms with van der Waals surface area (Å²) in [5, 5.41) is 2.18. The van der Waals surface area contributed by atoms with Crippen molar-refractivity contribution < 1.29 is 0 Å². The Kier molecular flexibility index (Phi) is 2.47. The number of hydrogen-bond acceptors (Lipinski definition) is 2. The molecule has 1 aromatic heterocycles. The summed E-state index contributed by atoms with van der Waals surface area (Å²) in [6, 6.07) is 5.12. The topological polar surface area (TPSA) is 3.24 Å². The van der Waals surface area contributed by atoms with E-state index in [0.29, 0.717) is 6.04 Å². The number of thiophene rings is 1. The predicted octanol–water partition coefficient (Wildman–Crippen LogP) is 2.90. The molecule has 0 spiro atoms. The highest BCUT2D eigenvalue weighted by molar-refractivity contribution is 7.10. The van der Waals surface area contributed by atoms with Gasteiger partial charge in [0.25, 0.3) is 0 Å². The van der Waals surface area contributed by atoms with Crippen molar-refractivity contribution in [2.75, 3.05) is 13.1 Å². The van der Waals surface area contributed by atoms with E-state index >= 15 is 0 Å². The molecule has 1 aromatic rings. The van der Waals surface area contributed by atoms with Crippen LogP contribution in [-0.4, -0.2) is 18.0 Å². The van der Waals surface area contributed by atoms with Crippen molar-refractivity contribution in [3.8, 4) is 0 Å². The van der Waals surface area contributed by atoms with Crippen LogP contribution in [0.25, 0.3) is 0 Å². The molecule has 2 heterocycles. The van der Waals surface area contributed by atoms with Gasteiger partial charge >= 0.3 is 0 Å². The van der Waals surface area contributed by atoms with Crippen LogP contribution < -0.4 is 0 Å². The van der Waals surface area contributed by atoms with E-state index < -0.39 is 0 Å². The Morgan fingerprint density at radius 3 is 2.83 bits per heavy atom. The van der Waals surface area contributed by atoms with Gasteiger partial charge in [-0.3, -0.25) is 4.90 Å². The summed E-state index contributed by atoms with van der Waals surface area (Å²) in [5.74, 6) is 0. The Balaban J connectivity index is 2.07. The molecule has 1 fully saturated rings. The molecule has 1 unspecified atom stereocenters. The van der Waals surface area contributed by atoms with Crippen molar-refractivity contribution in [3.63, 3.8) is 0 Å². The summed E-state index contributed by atoms with van der Waals surface area (Å²) >= 11 is 1.89. The molecule has 1 aliphatic heterocycles. The van der Waals surface area contributed by atoms with Crippen LogP contribution in [0.5, 0.6) is 0 Å². The zero-order valence-corrected chi connectivity index (χ0v) is 8.31. The summed E-state index contributed by atoms with van der Waals surface area (Å²) in [5.41, 5.74) is 0. The first-order valence-corrected chi connectivity index (χ1v) is 5.57. The highest BCUT2D eigenvalue weighted by Gasteiger charge is 2.23. The van der Waals surface area contributed by atoms with Crippen molar-refractivity contribution in [1.29, 1.82) is 0 Å². The Hall–Kier alpha value is -0.340. The molecule has 0 N–H and O–H groups in total. The first-order chi connectivity index (χ1) is 5.92. The van der Waals surface area contributed by atoms with E-state index in [9.17, 15) is 0 Å². The van der Waals surface area contributed by atoms with Crippen LogP contribution in [0.15, 0.2) is 17.5 Å². The molecule has 1 saturated heterocycles. The zero-order chi connectivity index (χ0) is 8.39. The molecule has 66 valence electrons. The molecule has 2 heteroatoms. The molecule has 1 aliphatic rings. The van der Waals surface area contributed by atoms with Gasteiger partial charge in [-0.15, -0.1) is 11.3 Å². The average Bonchev–Trinajstić information content (AvgIpc) is 2.47. The Morgan fingerprint density at radius 1 is 1.58 bits per heavy atom. The Bertz CT molecular complexity index is 226. The van der Waals surface area contributed by atoms with Crippen LogP contribution in [0, 0.1) is 0 Å². The van der Waals surface area contributed by atoms with Crippen LogP contribution in [0.2, 0.25) is 0 Å². The minimum absolute atomic E-state index is 0.707. The van der Waals surface area contributed by atoms with Gasteiger partial charge in [0.15, 0.2) is 0 Å². The third kappa shape index (κ3) is 1.41. The van der Waals surface area contributed by atoms with E-state index in [1.54, 1.807) is 0 Å². The fourth-order valence-electron chi connectivity index (χ4n) is 1.77. The lowest BCUT2D eigenvalue weighted by atomic mass is 10.1. The maximum Gasteiger partial charge on any atom is 0.0438 e. The normalized spacial score (nSPS) is 20.4. The van der Waals surface area contributed by atoms with Crippen molar-refractivity contribution in [2.24, 2.45) is 0 Å². The molecular weight excluding hydrogens is 166 g/mol. The summed E-state index contributed by atoms with van der Waals surface area (Å²) < 4.78 is 0. The molecule has 0 saturated carbocycles. The fourth-order valence-corrected chi connectivity index (χ4v) is 2.72. The van der Waals surface area contributed by atoms with E-state index in [0.717, 1.165) is 0 Å². The van der Waals surface area contributed by atoms with Crippen molar-refractivity contribution >= 4 is 11.3 Å². The molecule has 0 radical (unpaired) electrons. The predicted molar refractivity (Wildman–Crippen MR) is 53.5 cm³/mol. The van der Waals surface area contributed by atoms with Crippen LogP contribution in [0.4, 0.5) is 0 Å². The van der Waals surface area contributed by atoms with E-state index in [1.807, 2.05) is 11.3 Å². The third-order valence-electron chi connectivity index (χ3n) is 2.59. The average molecular weight is 181 g/mol. The lowest BCUT2D eigenvalue weighted by molar-refractivity contribution is 0.117. The van der Waals surface area contributed by atoms with Crippen LogP contribution in [0.3, 0.4) is 0 Å². The second-order valence-electron chi connectivity index (χ2n) is 3.33. The summed E-state index contributed by atoms with van der Waals surface area (Å²) in [6.07, 6.45) is 2.64. The highest BCUT2D eigenvalue weighted by atomic mass is 32.1. The molecule has 0 amide bonds. The smallest absolute Gasteiger partial charge is 0.0438 e. The standard InChI is InChI=1S/C10H15NS/c1-2-9(11-6-4-7-11)10-5-3-8-12-10/h3,5,8-9H,2,4,6-7H2,1H3. The largest absolute Gasteiger partial charge is 0.295 e. The first-order valence-electron chi connectivity index (χ1n) is 4.69. The SMILES string of the molecule is CCC(c1cccs1)N1CCC1. The van der Waals surface area contributed by atoms with Gasteiger partial charge < -0.3 is 0 Å². The minimum atomic E-state index is 0.707. The molecular formula is C10H15NS. The van der Waals surface area contributed by atoms with E-state index in [-0.39, 0.29) is 0 Å². The molecule has 0 aliphatic carbocycles. The molecule has 0 bridgehead atoms. The van der Waals surface area contributed by atoms with Crippen LogP contribution in [0.1, 0.15) is 30.7 Å². The van der Waals surface area contributed by atoms with Gasteiger partial charge in [0.2, 0.25) is 0 Å². The summed E-state index contributed by atoms with van der Waals surface area (Å²) in [4.78, 5) is 4.11. The maximum absolute atomic E-state index is 2.58. The summed E-state index contributed by atoms with van der Waals surface area (Å²) in [7, 11) is 0. The number of hydrogen-bond donors (Lipinski definition) is 0. The van der Waals surface area contributed by atoms with Crippen molar-refractivity contribution in [3.05, 3.63) is 22.4 Å². The van der Waals surface area contributed by atoms with Gasteiger partial charge in [0.05, 0.1) is 0 Å². The minimum Gasteiger partial charge on any atom is -0.295 e. The first kappa shape index (κ1) is 8.27. The molecule has 12 heavy (non-hydrogen) atoms. The van der Waals surface area contributed by atoms with E-state index in [2.05, 4.69) is 29.3 Å². The van der Waals surface area contributed by atoms with E-state index in [4.69, 9.17) is 0 Å². The fraction of sp³-hybridized carbons (Fsp3) is 0.600. The van der Waals surface area contributed by atoms with Gasteiger partial charge in [-0.1, -0.05) is 13.0 Å². The third-order valence-corrected chi connectivity index (χ3v) is 3.56. The number of rotatable bonds is 3. The summed E-state index contributed by atoms with van der Waals surface area (Å²) in [6.45, 7) is 4.88. The molecule has 1 atom stereocenters. The Morgan fingerprint density at radius 2 is 2.42 bits per heavy atom. The van der Waals surface area contributed by atoms with Gasteiger partial charge in [-0.2, -0.15) is 0 Å². The lowest BCUT2D eigenvalue weighted by Crippen LogP contribution is -2.39. The van der Waals surface area contributed by atoms with Crippen molar-refractivity contribution in [1.82, 2.24) is 4.90 Å². The molecule has 0 aromatic carbocycles. The number of likely N-dealkylation sites (tertiary alicyclic amines) is 1. The quantitative estimate of drug-likeness (QED) is 0.693. The highest BCUT2D eigenvalue weighted by Crippen LogP contribution is 2.30. The van der Waals surface area contributed by atoms with Gasteiger partial charge in [0, 0.05) is 10.9 Å². The van der Waals surface area contributed by atoms with Crippen LogP contribution >= 0.6 is 11.3 Å². The second-order valence-corrected chi connectivity index (χ2v) is 4.31. The van der Waals surface area contributed by atoms with Crippen LogP contribution in [-0.2, 0) is 0 Å². The Labute approximate surface area is 78.0 Å². The molecule has 2 rings (SSSR count). The van der Waals surface area contributed by atoms with Gasteiger partial charge in [-0.25, -0.2) is 0 Å². The number of nitrogens with zero attached hydrogens (tertiary/aromatic N) is 1. The maximum atomic E-state index is 2.58. The zero-order valence-electron chi connectivity index (χ0n) is 7.49.